The summed E-state index contributed by atoms with van der Waals surface area (Å²) >= 11 is 0. The molecule has 1 aromatic carbocycles. The SMILES string of the molecule is Cc1ccc(CCC(=O)NCC(=O)NC2CCCNC2C)cc1. The minimum absolute atomic E-state index is 0.0515. The second-order valence-electron chi connectivity index (χ2n) is 6.32. The van der Waals surface area contributed by atoms with Crippen molar-refractivity contribution in [2.24, 2.45) is 0 Å². The van der Waals surface area contributed by atoms with Crippen LogP contribution < -0.4 is 16.0 Å². The molecule has 126 valence electrons. The maximum atomic E-state index is 11.9. The van der Waals surface area contributed by atoms with Crippen molar-refractivity contribution in [3.63, 3.8) is 0 Å². The number of carbonyl (C=O) groups is 2. The molecular weight excluding hydrogens is 290 g/mol. The van der Waals surface area contributed by atoms with Crippen LogP contribution in [0.4, 0.5) is 0 Å². The second kappa shape index (κ2) is 8.67. The number of hydrogen-bond acceptors (Lipinski definition) is 3. The molecule has 1 aliphatic heterocycles. The van der Waals surface area contributed by atoms with Gasteiger partial charge in [0.05, 0.1) is 6.54 Å². The van der Waals surface area contributed by atoms with Gasteiger partial charge in [0.25, 0.3) is 0 Å². The fourth-order valence-electron chi connectivity index (χ4n) is 2.78. The van der Waals surface area contributed by atoms with Crippen LogP contribution in [0.5, 0.6) is 0 Å². The first-order chi connectivity index (χ1) is 11.0. The fourth-order valence-corrected chi connectivity index (χ4v) is 2.78. The Hall–Kier alpha value is -1.88. The lowest BCUT2D eigenvalue weighted by atomic mass is 10.00. The van der Waals surface area contributed by atoms with E-state index >= 15 is 0 Å². The average Bonchev–Trinajstić information content (AvgIpc) is 2.54. The molecule has 1 fully saturated rings. The van der Waals surface area contributed by atoms with Gasteiger partial charge in [-0.25, -0.2) is 0 Å². The Morgan fingerprint density at radius 1 is 1.22 bits per heavy atom. The number of amides is 2. The van der Waals surface area contributed by atoms with Crippen molar-refractivity contribution in [1.82, 2.24) is 16.0 Å². The van der Waals surface area contributed by atoms with Crippen LogP contribution in [0, 0.1) is 6.92 Å². The van der Waals surface area contributed by atoms with Crippen LogP contribution >= 0.6 is 0 Å². The largest absolute Gasteiger partial charge is 0.350 e. The van der Waals surface area contributed by atoms with E-state index in [0.717, 1.165) is 24.9 Å². The lowest BCUT2D eigenvalue weighted by Crippen LogP contribution is -2.53. The van der Waals surface area contributed by atoms with Gasteiger partial charge in [0.2, 0.25) is 11.8 Å². The van der Waals surface area contributed by atoms with Gasteiger partial charge in [0.1, 0.15) is 0 Å². The van der Waals surface area contributed by atoms with Crippen LogP contribution in [0.3, 0.4) is 0 Å². The van der Waals surface area contributed by atoms with E-state index in [4.69, 9.17) is 0 Å². The maximum Gasteiger partial charge on any atom is 0.239 e. The Balaban J connectivity index is 1.65. The molecule has 2 unspecified atom stereocenters. The fraction of sp³-hybridized carbons (Fsp3) is 0.556. The molecule has 1 aliphatic rings. The molecule has 0 radical (unpaired) electrons. The van der Waals surface area contributed by atoms with Gasteiger partial charge in [0.15, 0.2) is 0 Å². The Labute approximate surface area is 138 Å². The van der Waals surface area contributed by atoms with Gasteiger partial charge in [0, 0.05) is 18.5 Å². The monoisotopic (exact) mass is 317 g/mol. The van der Waals surface area contributed by atoms with E-state index in [-0.39, 0.29) is 30.4 Å². The second-order valence-corrected chi connectivity index (χ2v) is 6.32. The molecule has 1 saturated heterocycles. The molecule has 0 bridgehead atoms. The third-order valence-electron chi connectivity index (χ3n) is 4.32. The lowest BCUT2D eigenvalue weighted by Gasteiger charge is -2.30. The normalized spacial score (nSPS) is 20.8. The molecule has 2 rings (SSSR count). The van der Waals surface area contributed by atoms with Crippen LogP contribution in [0.2, 0.25) is 0 Å². The Kier molecular flexibility index (Phi) is 6.59. The molecule has 0 spiro atoms. The van der Waals surface area contributed by atoms with Crippen molar-refractivity contribution < 1.29 is 9.59 Å². The van der Waals surface area contributed by atoms with Crippen molar-refractivity contribution >= 4 is 11.8 Å². The minimum Gasteiger partial charge on any atom is -0.350 e. The molecular formula is C18H27N3O2. The van der Waals surface area contributed by atoms with Gasteiger partial charge in [-0.2, -0.15) is 0 Å². The number of piperidine rings is 1. The van der Waals surface area contributed by atoms with Gasteiger partial charge < -0.3 is 16.0 Å². The van der Waals surface area contributed by atoms with E-state index in [0.29, 0.717) is 12.8 Å². The minimum atomic E-state index is -0.116. The molecule has 3 N–H and O–H groups in total. The zero-order valence-corrected chi connectivity index (χ0v) is 14.0. The molecule has 5 heteroatoms. The smallest absolute Gasteiger partial charge is 0.239 e. The standard InChI is InChI=1S/C18H27N3O2/c1-13-5-7-15(8-6-13)9-10-17(22)20-12-18(23)21-16-4-3-11-19-14(16)2/h5-8,14,16,19H,3-4,9-12H2,1-2H3,(H,20,22)(H,21,23). The predicted molar refractivity (Wildman–Crippen MR) is 91.1 cm³/mol. The van der Waals surface area contributed by atoms with Crippen LogP contribution in [0.15, 0.2) is 24.3 Å². The van der Waals surface area contributed by atoms with Gasteiger partial charge in [-0.3, -0.25) is 9.59 Å². The average molecular weight is 317 g/mol. The summed E-state index contributed by atoms with van der Waals surface area (Å²) in [6, 6.07) is 8.59. The topological polar surface area (TPSA) is 70.2 Å². The summed E-state index contributed by atoms with van der Waals surface area (Å²) in [5.74, 6) is -0.204. The van der Waals surface area contributed by atoms with Gasteiger partial charge in [-0.15, -0.1) is 0 Å². The number of aryl methyl sites for hydroxylation is 2. The molecule has 23 heavy (non-hydrogen) atoms. The Bertz CT molecular complexity index is 528. The van der Waals surface area contributed by atoms with Gasteiger partial charge in [-0.1, -0.05) is 29.8 Å². The first-order valence-corrected chi connectivity index (χ1v) is 8.39. The highest BCUT2D eigenvalue weighted by Crippen LogP contribution is 2.08. The summed E-state index contributed by atoms with van der Waals surface area (Å²) in [7, 11) is 0. The highest BCUT2D eigenvalue weighted by molar-refractivity contribution is 5.84. The number of hydrogen-bond donors (Lipinski definition) is 3. The highest BCUT2D eigenvalue weighted by Gasteiger charge is 2.22. The van der Waals surface area contributed by atoms with E-state index in [1.54, 1.807) is 0 Å². The quantitative estimate of drug-likeness (QED) is 0.741. The highest BCUT2D eigenvalue weighted by atomic mass is 16.2. The van der Waals surface area contributed by atoms with E-state index in [9.17, 15) is 9.59 Å². The zero-order chi connectivity index (χ0) is 16.7. The van der Waals surface area contributed by atoms with Crippen molar-refractivity contribution in [3.05, 3.63) is 35.4 Å². The number of rotatable bonds is 6. The molecule has 5 nitrogen and oxygen atoms in total. The Morgan fingerprint density at radius 2 is 1.96 bits per heavy atom. The summed E-state index contributed by atoms with van der Waals surface area (Å²) in [5.41, 5.74) is 2.35. The molecule has 1 heterocycles. The molecule has 2 atom stereocenters. The first kappa shape index (κ1) is 17.5. The molecule has 1 aromatic rings. The van der Waals surface area contributed by atoms with E-state index in [1.165, 1.54) is 5.56 Å². The summed E-state index contributed by atoms with van der Waals surface area (Å²) in [6.45, 7) is 5.17. The summed E-state index contributed by atoms with van der Waals surface area (Å²) in [5, 5.41) is 9.03. The zero-order valence-electron chi connectivity index (χ0n) is 14.0. The maximum absolute atomic E-state index is 11.9. The summed E-state index contributed by atoms with van der Waals surface area (Å²) < 4.78 is 0. The van der Waals surface area contributed by atoms with Gasteiger partial charge in [-0.05, 0) is 45.2 Å². The van der Waals surface area contributed by atoms with Crippen molar-refractivity contribution in [1.29, 1.82) is 0 Å². The van der Waals surface area contributed by atoms with E-state index in [1.807, 2.05) is 31.2 Å². The molecule has 0 saturated carbocycles. The molecule has 0 aromatic heterocycles. The number of nitrogens with one attached hydrogen (secondary N) is 3. The van der Waals surface area contributed by atoms with Crippen LogP contribution in [-0.4, -0.2) is 37.0 Å². The molecule has 2 amide bonds. The van der Waals surface area contributed by atoms with Crippen LogP contribution in [0.25, 0.3) is 0 Å². The molecule has 0 aliphatic carbocycles. The van der Waals surface area contributed by atoms with E-state index in [2.05, 4.69) is 22.9 Å². The van der Waals surface area contributed by atoms with Crippen LogP contribution in [-0.2, 0) is 16.0 Å². The van der Waals surface area contributed by atoms with Crippen molar-refractivity contribution in [3.8, 4) is 0 Å². The number of carbonyl (C=O) groups excluding carboxylic acids is 2. The third-order valence-corrected chi connectivity index (χ3v) is 4.32. The van der Waals surface area contributed by atoms with E-state index < -0.39 is 0 Å². The van der Waals surface area contributed by atoms with Gasteiger partial charge >= 0.3 is 0 Å². The summed E-state index contributed by atoms with van der Waals surface area (Å²) in [4.78, 5) is 23.8. The number of benzene rings is 1. The van der Waals surface area contributed by atoms with Crippen LogP contribution in [0.1, 0.15) is 37.3 Å². The predicted octanol–water partition coefficient (Wildman–Crippen LogP) is 1.30. The lowest BCUT2D eigenvalue weighted by molar-refractivity contribution is -0.126. The first-order valence-electron chi connectivity index (χ1n) is 8.39. The van der Waals surface area contributed by atoms with Crippen molar-refractivity contribution in [2.75, 3.05) is 13.1 Å². The third kappa shape index (κ3) is 6.02. The van der Waals surface area contributed by atoms with Crippen molar-refractivity contribution in [2.45, 2.75) is 51.6 Å². The Morgan fingerprint density at radius 3 is 2.65 bits per heavy atom. The summed E-state index contributed by atoms with van der Waals surface area (Å²) in [6.07, 6.45) is 3.15.